The van der Waals surface area contributed by atoms with Crippen LogP contribution in [-0.2, 0) is 9.84 Å². The number of hydrogen-bond donors (Lipinski definition) is 2. The van der Waals surface area contributed by atoms with E-state index >= 15 is 0 Å². The minimum atomic E-state index is -3.42. The molecule has 16 heavy (non-hydrogen) atoms. The Morgan fingerprint density at radius 3 is 2.25 bits per heavy atom. The van der Waals surface area contributed by atoms with Gasteiger partial charge in [-0.05, 0) is 38.1 Å². The molecular formula is C11H16N2O2S. The first-order valence-corrected chi connectivity index (χ1v) is 6.45. The summed E-state index contributed by atoms with van der Waals surface area (Å²) in [6, 6.07) is 6.10. The third-order valence-electron chi connectivity index (χ3n) is 2.48. The van der Waals surface area contributed by atoms with Crippen LogP contribution in [0.3, 0.4) is 0 Å². The van der Waals surface area contributed by atoms with Gasteiger partial charge in [-0.3, -0.25) is 0 Å². The van der Waals surface area contributed by atoms with Crippen molar-refractivity contribution in [1.29, 1.82) is 0 Å². The lowest BCUT2D eigenvalue weighted by atomic mass is 10.3. The van der Waals surface area contributed by atoms with Gasteiger partial charge in [-0.2, -0.15) is 0 Å². The highest BCUT2D eigenvalue weighted by atomic mass is 32.2. The second kappa shape index (κ2) is 4.57. The van der Waals surface area contributed by atoms with Crippen LogP contribution in [0.5, 0.6) is 0 Å². The number of anilines is 1. The fraction of sp³-hybridized carbons (Fsp3) is 0.273. The molecule has 0 saturated carbocycles. The molecule has 0 spiro atoms. The normalized spacial score (nSPS) is 14.8. The molecule has 0 aliphatic rings. The number of nitrogens with two attached hydrogens (primary N) is 2. The molecule has 1 aromatic rings. The van der Waals surface area contributed by atoms with Gasteiger partial charge in [0.05, 0.1) is 4.90 Å². The van der Waals surface area contributed by atoms with Crippen LogP contribution in [0, 0.1) is 0 Å². The van der Waals surface area contributed by atoms with Crippen molar-refractivity contribution in [3.63, 3.8) is 0 Å². The SMILES string of the molecule is C/C=C(/N)[C@@H](C)S(=O)(=O)c1ccc(N)cc1. The lowest BCUT2D eigenvalue weighted by molar-refractivity contribution is 0.589. The average molecular weight is 240 g/mol. The van der Waals surface area contributed by atoms with E-state index in [4.69, 9.17) is 11.5 Å². The molecule has 0 amide bonds. The monoisotopic (exact) mass is 240 g/mol. The van der Waals surface area contributed by atoms with Crippen molar-refractivity contribution in [2.24, 2.45) is 5.73 Å². The average Bonchev–Trinajstić information content (AvgIpc) is 2.27. The van der Waals surface area contributed by atoms with Crippen LogP contribution in [0.2, 0.25) is 0 Å². The maximum absolute atomic E-state index is 12.1. The number of benzene rings is 1. The highest BCUT2D eigenvalue weighted by molar-refractivity contribution is 7.92. The maximum atomic E-state index is 12.1. The van der Waals surface area contributed by atoms with Crippen molar-refractivity contribution in [2.45, 2.75) is 24.0 Å². The summed E-state index contributed by atoms with van der Waals surface area (Å²) in [5.74, 6) is 0. The second-order valence-corrected chi connectivity index (χ2v) is 5.81. The summed E-state index contributed by atoms with van der Waals surface area (Å²) in [5.41, 5.74) is 12.0. The molecule has 0 unspecified atom stereocenters. The fourth-order valence-corrected chi connectivity index (χ4v) is 2.69. The van der Waals surface area contributed by atoms with Gasteiger partial charge in [0.1, 0.15) is 5.25 Å². The Balaban J connectivity index is 3.17. The van der Waals surface area contributed by atoms with E-state index in [0.717, 1.165) is 0 Å². The van der Waals surface area contributed by atoms with Crippen LogP contribution in [0.4, 0.5) is 5.69 Å². The molecule has 0 aliphatic heterocycles. The Labute approximate surface area is 95.9 Å². The van der Waals surface area contributed by atoms with Crippen molar-refractivity contribution in [2.75, 3.05) is 5.73 Å². The number of nitrogen functional groups attached to an aromatic ring is 1. The van der Waals surface area contributed by atoms with Gasteiger partial charge in [0.25, 0.3) is 0 Å². The molecule has 1 atom stereocenters. The molecule has 0 aliphatic carbocycles. The molecule has 0 bridgehead atoms. The summed E-state index contributed by atoms with van der Waals surface area (Å²) >= 11 is 0. The number of sulfone groups is 1. The third-order valence-corrected chi connectivity index (χ3v) is 4.61. The van der Waals surface area contributed by atoms with E-state index in [1.807, 2.05) is 0 Å². The lowest BCUT2D eigenvalue weighted by Gasteiger charge is -2.13. The first-order valence-electron chi connectivity index (χ1n) is 4.90. The van der Waals surface area contributed by atoms with Gasteiger partial charge < -0.3 is 11.5 Å². The van der Waals surface area contributed by atoms with Crippen molar-refractivity contribution in [1.82, 2.24) is 0 Å². The first-order chi connectivity index (χ1) is 7.39. The Hall–Kier alpha value is -1.49. The van der Waals surface area contributed by atoms with Gasteiger partial charge in [0.2, 0.25) is 0 Å². The molecule has 4 nitrogen and oxygen atoms in total. The van der Waals surface area contributed by atoms with Gasteiger partial charge in [-0.1, -0.05) is 6.08 Å². The molecule has 0 saturated heterocycles. The molecule has 0 fully saturated rings. The molecular weight excluding hydrogens is 224 g/mol. The van der Waals surface area contributed by atoms with Crippen molar-refractivity contribution < 1.29 is 8.42 Å². The van der Waals surface area contributed by atoms with Crippen LogP contribution in [-0.4, -0.2) is 13.7 Å². The Morgan fingerprint density at radius 2 is 1.81 bits per heavy atom. The van der Waals surface area contributed by atoms with E-state index in [9.17, 15) is 8.42 Å². The van der Waals surface area contributed by atoms with Gasteiger partial charge in [-0.25, -0.2) is 8.42 Å². The van der Waals surface area contributed by atoms with Crippen molar-refractivity contribution in [3.8, 4) is 0 Å². The van der Waals surface area contributed by atoms with Gasteiger partial charge in [-0.15, -0.1) is 0 Å². The second-order valence-electron chi connectivity index (χ2n) is 3.54. The fourth-order valence-electron chi connectivity index (χ4n) is 1.28. The van der Waals surface area contributed by atoms with Crippen LogP contribution in [0.15, 0.2) is 40.9 Å². The summed E-state index contributed by atoms with van der Waals surface area (Å²) in [6.07, 6.45) is 1.60. The molecule has 1 rings (SSSR count). The largest absolute Gasteiger partial charge is 0.401 e. The Bertz CT molecular complexity index is 489. The minimum Gasteiger partial charge on any atom is -0.401 e. The summed E-state index contributed by atoms with van der Waals surface area (Å²) in [6.45, 7) is 3.28. The van der Waals surface area contributed by atoms with E-state index in [2.05, 4.69) is 0 Å². The molecule has 0 radical (unpaired) electrons. The molecule has 0 aromatic heterocycles. The number of rotatable bonds is 3. The highest BCUT2D eigenvalue weighted by Gasteiger charge is 2.24. The quantitative estimate of drug-likeness (QED) is 0.779. The zero-order valence-corrected chi connectivity index (χ0v) is 10.2. The van der Waals surface area contributed by atoms with E-state index in [1.54, 1.807) is 32.1 Å². The van der Waals surface area contributed by atoms with Crippen LogP contribution in [0.1, 0.15) is 13.8 Å². The smallest absolute Gasteiger partial charge is 0.186 e. The van der Waals surface area contributed by atoms with Crippen LogP contribution >= 0.6 is 0 Å². The minimum absolute atomic E-state index is 0.235. The predicted molar refractivity (Wildman–Crippen MR) is 65.4 cm³/mol. The van der Waals surface area contributed by atoms with Gasteiger partial charge in [0.15, 0.2) is 9.84 Å². The van der Waals surface area contributed by atoms with Gasteiger partial charge in [0, 0.05) is 11.4 Å². The van der Waals surface area contributed by atoms with E-state index in [-0.39, 0.29) is 4.90 Å². The third kappa shape index (κ3) is 2.36. The zero-order valence-electron chi connectivity index (χ0n) is 9.34. The maximum Gasteiger partial charge on any atom is 0.186 e. The lowest BCUT2D eigenvalue weighted by Crippen LogP contribution is -2.24. The molecule has 1 aromatic carbocycles. The van der Waals surface area contributed by atoms with E-state index in [0.29, 0.717) is 11.4 Å². The predicted octanol–water partition coefficient (Wildman–Crippen LogP) is 1.29. The molecule has 0 heterocycles. The Morgan fingerprint density at radius 1 is 1.31 bits per heavy atom. The number of allylic oxidation sites excluding steroid dienone is 1. The summed E-state index contributed by atoms with van der Waals surface area (Å²) in [7, 11) is -3.42. The summed E-state index contributed by atoms with van der Waals surface area (Å²) in [5, 5.41) is -0.721. The zero-order chi connectivity index (χ0) is 12.3. The molecule has 88 valence electrons. The summed E-state index contributed by atoms with van der Waals surface area (Å²) in [4.78, 5) is 0.235. The van der Waals surface area contributed by atoms with E-state index in [1.165, 1.54) is 12.1 Å². The van der Waals surface area contributed by atoms with Crippen LogP contribution in [0.25, 0.3) is 0 Å². The van der Waals surface area contributed by atoms with E-state index < -0.39 is 15.1 Å². The highest BCUT2D eigenvalue weighted by Crippen LogP contribution is 2.20. The molecule has 4 N–H and O–H groups in total. The first kappa shape index (κ1) is 12.6. The Kier molecular flexibility index (Phi) is 3.59. The van der Waals surface area contributed by atoms with Crippen LogP contribution < -0.4 is 11.5 Å². The standard InChI is InChI=1S/C11H16N2O2S/c1-3-11(13)8(2)16(14,15)10-6-4-9(12)5-7-10/h3-8H,12-13H2,1-2H3/b11-3+/t8-/m1/s1. The summed E-state index contributed by atoms with van der Waals surface area (Å²) < 4.78 is 24.2. The topological polar surface area (TPSA) is 86.2 Å². The van der Waals surface area contributed by atoms with Gasteiger partial charge >= 0.3 is 0 Å². The van der Waals surface area contributed by atoms with Crippen molar-refractivity contribution >= 4 is 15.5 Å². The van der Waals surface area contributed by atoms with Crippen molar-refractivity contribution in [3.05, 3.63) is 36.0 Å². The molecule has 5 heteroatoms. The number of hydrogen-bond acceptors (Lipinski definition) is 4.